The number of rotatable bonds is 7. The fourth-order valence-corrected chi connectivity index (χ4v) is 2.19. The van der Waals surface area contributed by atoms with Gasteiger partial charge in [0.25, 0.3) is 0 Å². The minimum atomic E-state index is -1.44. The fraction of sp³-hybridized carbons (Fsp3) is 0.867. The Balaban J connectivity index is 5.72. The van der Waals surface area contributed by atoms with E-state index >= 15 is 0 Å². The number of carbonyl (C=O) groups is 2. The van der Waals surface area contributed by atoms with Gasteiger partial charge in [-0.25, -0.2) is 9.59 Å². The van der Waals surface area contributed by atoms with Gasteiger partial charge in [-0.15, -0.1) is 0 Å². The maximum absolute atomic E-state index is 12.5. The molecule has 0 aromatic heterocycles. The maximum Gasteiger partial charge on any atom is 0.411 e. The SMILES string of the molecule is CCCN(C(=O)OC(C)(C)C)C(COC)(C(=O)O)C(C)C. The fourth-order valence-electron chi connectivity index (χ4n) is 2.19. The molecule has 1 unspecified atom stereocenters. The van der Waals surface area contributed by atoms with Gasteiger partial charge in [-0.3, -0.25) is 4.90 Å². The smallest absolute Gasteiger partial charge is 0.411 e. The second kappa shape index (κ2) is 7.64. The number of ether oxygens (including phenoxy) is 2. The minimum absolute atomic E-state index is 0.0841. The molecule has 124 valence electrons. The molecule has 0 rings (SSSR count). The highest BCUT2D eigenvalue weighted by Gasteiger charge is 2.50. The summed E-state index contributed by atoms with van der Waals surface area (Å²) in [7, 11) is 1.43. The van der Waals surface area contributed by atoms with Gasteiger partial charge < -0.3 is 14.6 Å². The Hall–Kier alpha value is -1.30. The molecule has 6 heteroatoms. The summed E-state index contributed by atoms with van der Waals surface area (Å²) < 4.78 is 10.5. The summed E-state index contributed by atoms with van der Waals surface area (Å²) in [5.41, 5.74) is -2.12. The van der Waals surface area contributed by atoms with Crippen LogP contribution in [0.1, 0.15) is 48.0 Å². The lowest BCUT2D eigenvalue weighted by Crippen LogP contribution is -2.63. The Morgan fingerprint density at radius 2 is 1.76 bits per heavy atom. The van der Waals surface area contributed by atoms with Crippen molar-refractivity contribution in [3.63, 3.8) is 0 Å². The Bertz CT molecular complexity index is 362. The highest BCUT2D eigenvalue weighted by molar-refractivity contribution is 5.85. The molecule has 0 saturated carbocycles. The van der Waals surface area contributed by atoms with Crippen molar-refractivity contribution < 1.29 is 24.2 Å². The molecule has 0 aromatic carbocycles. The van der Waals surface area contributed by atoms with Crippen LogP contribution in [0.4, 0.5) is 4.79 Å². The number of methoxy groups -OCH3 is 1. The number of amides is 1. The van der Waals surface area contributed by atoms with Crippen LogP contribution >= 0.6 is 0 Å². The zero-order chi connectivity index (χ0) is 16.8. The second-order valence-electron chi connectivity index (χ2n) is 6.45. The van der Waals surface area contributed by atoms with Crippen molar-refractivity contribution in [2.45, 2.75) is 59.1 Å². The number of carbonyl (C=O) groups excluding carboxylic acids is 1. The van der Waals surface area contributed by atoms with Gasteiger partial charge in [0.05, 0.1) is 6.61 Å². The Morgan fingerprint density at radius 3 is 2.05 bits per heavy atom. The third kappa shape index (κ3) is 4.88. The van der Waals surface area contributed by atoms with Crippen molar-refractivity contribution in [1.82, 2.24) is 4.90 Å². The molecule has 0 aliphatic heterocycles. The van der Waals surface area contributed by atoms with E-state index < -0.39 is 23.2 Å². The third-order valence-electron chi connectivity index (χ3n) is 3.23. The lowest BCUT2D eigenvalue weighted by atomic mass is 9.85. The average molecular weight is 303 g/mol. The monoisotopic (exact) mass is 303 g/mol. The highest BCUT2D eigenvalue weighted by atomic mass is 16.6. The van der Waals surface area contributed by atoms with Gasteiger partial charge in [0.1, 0.15) is 5.60 Å². The van der Waals surface area contributed by atoms with E-state index in [0.717, 1.165) is 0 Å². The molecule has 1 N–H and O–H groups in total. The lowest BCUT2D eigenvalue weighted by Gasteiger charge is -2.43. The van der Waals surface area contributed by atoms with Crippen LogP contribution in [0.5, 0.6) is 0 Å². The number of hydrogen-bond donors (Lipinski definition) is 1. The topological polar surface area (TPSA) is 76.1 Å². The highest BCUT2D eigenvalue weighted by Crippen LogP contribution is 2.28. The first-order valence-electron chi connectivity index (χ1n) is 7.25. The molecule has 0 bridgehead atoms. The molecule has 0 aliphatic carbocycles. The van der Waals surface area contributed by atoms with Crippen molar-refractivity contribution in [2.75, 3.05) is 20.3 Å². The van der Waals surface area contributed by atoms with Crippen LogP contribution in [-0.2, 0) is 14.3 Å². The van der Waals surface area contributed by atoms with Crippen LogP contribution in [0.3, 0.4) is 0 Å². The standard InChI is InChI=1S/C15H29NO5/c1-8-9-16(13(19)21-14(4,5)6)15(10-20-7,11(2)3)12(17)18/h11H,8-10H2,1-7H3,(H,17,18). The molecular weight excluding hydrogens is 274 g/mol. The number of aliphatic carboxylic acids is 1. The third-order valence-corrected chi connectivity index (χ3v) is 3.23. The predicted octanol–water partition coefficient (Wildman–Crippen LogP) is 2.76. The number of carboxylic acids is 1. The van der Waals surface area contributed by atoms with E-state index in [1.807, 2.05) is 6.92 Å². The number of nitrogens with zero attached hydrogens (tertiary/aromatic N) is 1. The Morgan fingerprint density at radius 1 is 1.24 bits per heavy atom. The van der Waals surface area contributed by atoms with Gasteiger partial charge in [-0.1, -0.05) is 20.8 Å². The normalized spacial score (nSPS) is 14.7. The first-order chi connectivity index (χ1) is 9.52. The van der Waals surface area contributed by atoms with E-state index in [1.54, 1.807) is 34.6 Å². The summed E-state index contributed by atoms with van der Waals surface area (Å²) in [6.07, 6.45) is 0.00235. The van der Waals surface area contributed by atoms with Crippen molar-refractivity contribution >= 4 is 12.1 Å². The van der Waals surface area contributed by atoms with E-state index in [2.05, 4.69) is 0 Å². The molecule has 0 fully saturated rings. The maximum atomic E-state index is 12.5. The Labute approximate surface area is 127 Å². The van der Waals surface area contributed by atoms with E-state index in [9.17, 15) is 14.7 Å². The summed E-state index contributed by atoms with van der Waals surface area (Å²) in [6, 6.07) is 0. The minimum Gasteiger partial charge on any atom is -0.479 e. The molecule has 0 saturated heterocycles. The zero-order valence-corrected chi connectivity index (χ0v) is 14.2. The Kier molecular flexibility index (Phi) is 7.16. The van der Waals surface area contributed by atoms with Crippen LogP contribution in [0.25, 0.3) is 0 Å². The van der Waals surface area contributed by atoms with E-state index in [1.165, 1.54) is 12.0 Å². The molecule has 0 spiro atoms. The van der Waals surface area contributed by atoms with Crippen LogP contribution < -0.4 is 0 Å². The average Bonchev–Trinajstić information content (AvgIpc) is 2.30. The van der Waals surface area contributed by atoms with Crippen molar-refractivity contribution in [3.8, 4) is 0 Å². The lowest BCUT2D eigenvalue weighted by molar-refractivity contribution is -0.159. The van der Waals surface area contributed by atoms with Crippen LogP contribution in [-0.4, -0.2) is 53.5 Å². The van der Waals surface area contributed by atoms with Crippen LogP contribution in [0, 0.1) is 5.92 Å². The van der Waals surface area contributed by atoms with Crippen molar-refractivity contribution in [2.24, 2.45) is 5.92 Å². The molecule has 0 heterocycles. The first kappa shape index (κ1) is 19.7. The summed E-state index contributed by atoms with van der Waals surface area (Å²) in [6.45, 7) is 10.9. The molecule has 6 nitrogen and oxygen atoms in total. The second-order valence-corrected chi connectivity index (χ2v) is 6.45. The van der Waals surface area contributed by atoms with E-state index in [-0.39, 0.29) is 12.5 Å². The van der Waals surface area contributed by atoms with Gasteiger partial charge in [-0.2, -0.15) is 0 Å². The summed E-state index contributed by atoms with van der Waals surface area (Å²) >= 11 is 0. The van der Waals surface area contributed by atoms with E-state index in [0.29, 0.717) is 13.0 Å². The summed E-state index contributed by atoms with van der Waals surface area (Å²) in [4.78, 5) is 25.7. The van der Waals surface area contributed by atoms with Crippen LogP contribution in [0.2, 0.25) is 0 Å². The molecule has 0 aromatic rings. The molecule has 1 atom stereocenters. The first-order valence-corrected chi connectivity index (χ1v) is 7.25. The van der Waals surface area contributed by atoms with Crippen molar-refractivity contribution in [3.05, 3.63) is 0 Å². The predicted molar refractivity (Wildman–Crippen MR) is 80.3 cm³/mol. The molecule has 0 radical (unpaired) electrons. The van der Waals surface area contributed by atoms with Gasteiger partial charge in [-0.05, 0) is 33.1 Å². The molecule has 0 aliphatic rings. The number of carboxylic acid groups (broad SMARTS) is 1. The summed E-state index contributed by atoms with van der Waals surface area (Å²) in [5, 5.41) is 9.74. The van der Waals surface area contributed by atoms with E-state index in [4.69, 9.17) is 9.47 Å². The van der Waals surface area contributed by atoms with Gasteiger partial charge in [0, 0.05) is 13.7 Å². The number of hydrogen-bond acceptors (Lipinski definition) is 4. The van der Waals surface area contributed by atoms with Crippen molar-refractivity contribution in [1.29, 1.82) is 0 Å². The largest absolute Gasteiger partial charge is 0.479 e. The summed E-state index contributed by atoms with van der Waals surface area (Å²) in [5.74, 6) is -1.41. The molecule has 21 heavy (non-hydrogen) atoms. The van der Waals surface area contributed by atoms with Gasteiger partial charge >= 0.3 is 12.1 Å². The van der Waals surface area contributed by atoms with Gasteiger partial charge in [0.15, 0.2) is 5.54 Å². The van der Waals surface area contributed by atoms with Gasteiger partial charge in [0.2, 0.25) is 0 Å². The van der Waals surface area contributed by atoms with Crippen LogP contribution in [0.15, 0.2) is 0 Å². The molecule has 1 amide bonds. The molecular formula is C15H29NO5. The quantitative estimate of drug-likeness (QED) is 0.782. The zero-order valence-electron chi connectivity index (χ0n) is 14.2.